The van der Waals surface area contributed by atoms with Crippen LogP contribution < -0.4 is 15.2 Å². The van der Waals surface area contributed by atoms with Gasteiger partial charge in [-0.1, -0.05) is 13.0 Å². The molecule has 0 bridgehead atoms. The van der Waals surface area contributed by atoms with Crippen LogP contribution in [0.5, 0.6) is 11.5 Å². The summed E-state index contributed by atoms with van der Waals surface area (Å²) in [5.41, 5.74) is 7.25. The maximum Gasteiger partial charge on any atom is 0.231 e. The number of nitrogens with zero attached hydrogens (tertiary/aromatic N) is 1. The zero-order valence-electron chi connectivity index (χ0n) is 11.5. The molecule has 1 aromatic carbocycles. The lowest BCUT2D eigenvalue weighted by Gasteiger charge is -2.37. The van der Waals surface area contributed by atoms with Gasteiger partial charge in [0.1, 0.15) is 0 Å². The van der Waals surface area contributed by atoms with Crippen LogP contribution in [-0.4, -0.2) is 31.3 Å². The van der Waals surface area contributed by atoms with Gasteiger partial charge in [-0.15, -0.1) is 0 Å². The molecule has 4 heteroatoms. The van der Waals surface area contributed by atoms with E-state index in [9.17, 15) is 0 Å². The average Bonchev–Trinajstić information content (AvgIpc) is 2.87. The molecule has 104 valence electrons. The molecule has 0 amide bonds. The normalized spacial score (nSPS) is 24.4. The van der Waals surface area contributed by atoms with Gasteiger partial charge >= 0.3 is 0 Å². The topological polar surface area (TPSA) is 47.7 Å². The largest absolute Gasteiger partial charge is 0.454 e. The van der Waals surface area contributed by atoms with Gasteiger partial charge in [0.15, 0.2) is 11.5 Å². The lowest BCUT2D eigenvalue weighted by molar-refractivity contribution is 0.133. The van der Waals surface area contributed by atoms with Crippen LogP contribution in [0.3, 0.4) is 0 Å². The van der Waals surface area contributed by atoms with Crippen molar-refractivity contribution >= 4 is 0 Å². The summed E-state index contributed by atoms with van der Waals surface area (Å²) >= 11 is 0. The molecule has 0 aliphatic carbocycles. The predicted octanol–water partition coefficient (Wildman–Crippen LogP) is 2.15. The number of hydrogen-bond donors (Lipinski definition) is 1. The molecule has 2 aliphatic heterocycles. The first-order valence-corrected chi connectivity index (χ1v) is 7.11. The molecule has 3 rings (SSSR count). The van der Waals surface area contributed by atoms with Crippen LogP contribution in [-0.2, 0) is 0 Å². The monoisotopic (exact) mass is 262 g/mol. The predicted molar refractivity (Wildman–Crippen MR) is 74.3 cm³/mol. The van der Waals surface area contributed by atoms with E-state index < -0.39 is 0 Å². The summed E-state index contributed by atoms with van der Waals surface area (Å²) in [6, 6.07) is 6.48. The number of nitrogens with two attached hydrogens (primary N) is 1. The third kappa shape index (κ3) is 2.55. The van der Waals surface area contributed by atoms with E-state index >= 15 is 0 Å². The first kappa shape index (κ1) is 12.8. The third-order valence-corrected chi connectivity index (χ3v) is 4.13. The van der Waals surface area contributed by atoms with Crippen LogP contribution in [0, 0.1) is 5.92 Å². The SMILES string of the molecule is CC1CCCN(C(CN)c2ccc3c(c2)OCO3)C1. The molecule has 0 radical (unpaired) electrons. The maximum absolute atomic E-state index is 6.01. The molecule has 2 aliphatic rings. The molecule has 2 unspecified atom stereocenters. The first-order valence-electron chi connectivity index (χ1n) is 7.11. The quantitative estimate of drug-likeness (QED) is 0.906. The summed E-state index contributed by atoms with van der Waals surface area (Å²) in [5.74, 6) is 2.45. The number of benzene rings is 1. The van der Waals surface area contributed by atoms with Crippen molar-refractivity contribution in [3.05, 3.63) is 23.8 Å². The minimum absolute atomic E-state index is 0.289. The number of hydrogen-bond acceptors (Lipinski definition) is 4. The molecule has 0 aromatic heterocycles. The van der Waals surface area contributed by atoms with Crippen LogP contribution in [0.15, 0.2) is 18.2 Å². The summed E-state index contributed by atoms with van der Waals surface area (Å²) in [5, 5.41) is 0. The van der Waals surface area contributed by atoms with Gasteiger partial charge in [0.2, 0.25) is 6.79 Å². The number of likely N-dealkylation sites (tertiary alicyclic amines) is 1. The molecule has 2 heterocycles. The second-order valence-corrected chi connectivity index (χ2v) is 5.61. The molecule has 4 nitrogen and oxygen atoms in total. The number of fused-ring (bicyclic) bond motifs is 1. The molecular weight excluding hydrogens is 240 g/mol. The van der Waals surface area contributed by atoms with E-state index in [1.807, 2.05) is 6.07 Å². The smallest absolute Gasteiger partial charge is 0.231 e. The van der Waals surface area contributed by atoms with Crippen molar-refractivity contribution < 1.29 is 9.47 Å². The molecular formula is C15H22N2O2. The zero-order valence-corrected chi connectivity index (χ0v) is 11.5. The molecule has 2 N–H and O–H groups in total. The maximum atomic E-state index is 6.01. The van der Waals surface area contributed by atoms with Crippen LogP contribution in [0.1, 0.15) is 31.4 Å². The van der Waals surface area contributed by atoms with Crippen molar-refractivity contribution in [2.45, 2.75) is 25.8 Å². The van der Waals surface area contributed by atoms with Gasteiger partial charge in [0.05, 0.1) is 0 Å². The third-order valence-electron chi connectivity index (χ3n) is 4.13. The highest BCUT2D eigenvalue weighted by Gasteiger charge is 2.25. The molecule has 1 fully saturated rings. The highest BCUT2D eigenvalue weighted by molar-refractivity contribution is 5.45. The summed E-state index contributed by atoms with van der Waals surface area (Å²) < 4.78 is 10.8. The highest BCUT2D eigenvalue weighted by Crippen LogP contribution is 2.36. The fraction of sp³-hybridized carbons (Fsp3) is 0.600. The van der Waals surface area contributed by atoms with E-state index in [0.29, 0.717) is 13.3 Å². The van der Waals surface area contributed by atoms with Gasteiger partial charge in [0, 0.05) is 19.1 Å². The Bertz CT molecular complexity index is 450. The van der Waals surface area contributed by atoms with Gasteiger partial charge in [-0.3, -0.25) is 4.90 Å². The molecule has 0 saturated carbocycles. The molecule has 19 heavy (non-hydrogen) atoms. The Labute approximate surface area is 114 Å². The number of ether oxygens (including phenoxy) is 2. The van der Waals surface area contributed by atoms with Crippen LogP contribution in [0.4, 0.5) is 0 Å². The van der Waals surface area contributed by atoms with Crippen molar-refractivity contribution in [1.82, 2.24) is 4.90 Å². The Balaban J connectivity index is 1.81. The summed E-state index contributed by atoms with van der Waals surface area (Å²) in [6.45, 7) is 5.57. The lowest BCUT2D eigenvalue weighted by atomic mass is 9.96. The fourth-order valence-electron chi connectivity index (χ4n) is 3.13. The van der Waals surface area contributed by atoms with E-state index in [1.54, 1.807) is 0 Å². The van der Waals surface area contributed by atoms with Crippen molar-refractivity contribution in [2.75, 3.05) is 26.4 Å². The van der Waals surface area contributed by atoms with E-state index in [-0.39, 0.29) is 6.04 Å². The van der Waals surface area contributed by atoms with E-state index in [2.05, 4.69) is 24.0 Å². The minimum Gasteiger partial charge on any atom is -0.454 e. The Kier molecular flexibility index (Phi) is 3.62. The molecule has 2 atom stereocenters. The van der Waals surface area contributed by atoms with Gasteiger partial charge < -0.3 is 15.2 Å². The van der Waals surface area contributed by atoms with E-state index in [1.165, 1.54) is 18.4 Å². The van der Waals surface area contributed by atoms with Crippen molar-refractivity contribution in [1.29, 1.82) is 0 Å². The van der Waals surface area contributed by atoms with Crippen LogP contribution >= 0.6 is 0 Å². The fourth-order valence-corrected chi connectivity index (χ4v) is 3.13. The van der Waals surface area contributed by atoms with Crippen molar-refractivity contribution in [3.8, 4) is 11.5 Å². The van der Waals surface area contributed by atoms with Gasteiger partial charge in [0.25, 0.3) is 0 Å². The van der Waals surface area contributed by atoms with Gasteiger partial charge in [-0.05, 0) is 43.0 Å². The van der Waals surface area contributed by atoms with Gasteiger partial charge in [-0.25, -0.2) is 0 Å². The molecule has 1 aromatic rings. The van der Waals surface area contributed by atoms with Gasteiger partial charge in [-0.2, -0.15) is 0 Å². The zero-order chi connectivity index (χ0) is 13.2. The summed E-state index contributed by atoms with van der Waals surface area (Å²) in [7, 11) is 0. The highest BCUT2D eigenvalue weighted by atomic mass is 16.7. The second kappa shape index (κ2) is 5.39. The van der Waals surface area contributed by atoms with Crippen molar-refractivity contribution in [3.63, 3.8) is 0 Å². The molecule has 0 spiro atoms. The number of rotatable bonds is 3. The Morgan fingerprint density at radius 3 is 3.00 bits per heavy atom. The van der Waals surface area contributed by atoms with Crippen LogP contribution in [0.25, 0.3) is 0 Å². The average molecular weight is 262 g/mol. The lowest BCUT2D eigenvalue weighted by Crippen LogP contribution is -2.40. The Morgan fingerprint density at radius 1 is 1.37 bits per heavy atom. The number of piperidine rings is 1. The second-order valence-electron chi connectivity index (χ2n) is 5.61. The van der Waals surface area contributed by atoms with Crippen molar-refractivity contribution in [2.24, 2.45) is 11.7 Å². The van der Waals surface area contributed by atoms with E-state index in [4.69, 9.17) is 15.2 Å². The van der Waals surface area contributed by atoms with E-state index in [0.717, 1.165) is 30.5 Å². The summed E-state index contributed by atoms with van der Waals surface area (Å²) in [4.78, 5) is 2.51. The Hall–Kier alpha value is -1.26. The molecule has 1 saturated heterocycles. The van der Waals surface area contributed by atoms with Crippen LogP contribution in [0.2, 0.25) is 0 Å². The standard InChI is InChI=1S/C15H22N2O2/c1-11-3-2-6-17(9-11)13(8-16)12-4-5-14-15(7-12)19-10-18-14/h4-5,7,11,13H,2-3,6,8-10,16H2,1H3. The first-order chi connectivity index (χ1) is 9.28. The Morgan fingerprint density at radius 2 is 2.21 bits per heavy atom. The minimum atomic E-state index is 0.289. The summed E-state index contributed by atoms with van der Waals surface area (Å²) in [6.07, 6.45) is 2.59.